The van der Waals surface area contributed by atoms with Gasteiger partial charge in [-0.3, -0.25) is 0 Å². The molecule has 4 heteroatoms. The van der Waals surface area contributed by atoms with Gasteiger partial charge >= 0.3 is 0 Å². The largest absolute Gasteiger partial charge is 1.00 e. The maximum atomic E-state index is 9.83. The van der Waals surface area contributed by atoms with Gasteiger partial charge in [-0.25, -0.2) is 0 Å². The molecular weight excluding hydrogens is 284 g/mol. The smallest absolute Gasteiger partial charge is 0.187 e. The molecule has 0 amide bonds. The highest BCUT2D eigenvalue weighted by molar-refractivity contribution is 5.39. The van der Waals surface area contributed by atoms with Crippen molar-refractivity contribution >= 4 is 0 Å². The number of fused-ring (bicyclic) bond motifs is 1. The highest BCUT2D eigenvalue weighted by Crippen LogP contribution is 2.38. The summed E-state index contributed by atoms with van der Waals surface area (Å²) in [6.07, 6.45) is 0.907. The third kappa shape index (κ3) is 3.40. The van der Waals surface area contributed by atoms with E-state index in [0.717, 1.165) is 31.6 Å². The number of halogens is 1. The molecular formula is C17H25ClN2O. The van der Waals surface area contributed by atoms with Crippen molar-refractivity contribution in [1.82, 2.24) is 0 Å². The first-order valence-corrected chi connectivity index (χ1v) is 7.65. The Morgan fingerprint density at radius 1 is 1.33 bits per heavy atom. The Balaban J connectivity index is 0.00000220. The van der Waals surface area contributed by atoms with E-state index in [1.165, 1.54) is 10.5 Å². The maximum absolute atomic E-state index is 9.83. The molecule has 0 saturated heterocycles. The van der Waals surface area contributed by atoms with Crippen LogP contribution in [0.15, 0.2) is 24.3 Å². The van der Waals surface area contributed by atoms with Gasteiger partial charge in [0.25, 0.3) is 0 Å². The number of ether oxygens (including phenoxy) is 1. The molecule has 116 valence electrons. The molecule has 1 N–H and O–H groups in total. The molecule has 21 heavy (non-hydrogen) atoms. The summed E-state index contributed by atoms with van der Waals surface area (Å²) in [5.74, 6) is 0.184. The van der Waals surface area contributed by atoms with Gasteiger partial charge in [-0.15, -0.1) is 0 Å². The minimum absolute atomic E-state index is 0. The molecule has 0 aliphatic carbocycles. The van der Waals surface area contributed by atoms with Crippen LogP contribution >= 0.6 is 0 Å². The van der Waals surface area contributed by atoms with Crippen LogP contribution in [-0.4, -0.2) is 26.2 Å². The number of hydrogen-bond donors (Lipinski definition) is 1. The Kier molecular flexibility index (Phi) is 6.67. The van der Waals surface area contributed by atoms with Gasteiger partial charge < -0.3 is 22.0 Å². The van der Waals surface area contributed by atoms with Crippen LogP contribution in [0.25, 0.3) is 0 Å². The predicted octanol–water partition coefficient (Wildman–Crippen LogP) is -1.46. The Hall–Kier alpha value is -1.08. The first-order chi connectivity index (χ1) is 9.67. The molecule has 0 fully saturated rings. The van der Waals surface area contributed by atoms with Crippen LogP contribution in [0.3, 0.4) is 0 Å². The average Bonchev–Trinajstić information content (AvgIpc) is 2.51. The minimum atomic E-state index is -0.773. The van der Waals surface area contributed by atoms with Crippen LogP contribution in [0.5, 0.6) is 0 Å². The zero-order valence-corrected chi connectivity index (χ0v) is 13.9. The highest BCUT2D eigenvalue weighted by Gasteiger charge is 2.44. The quantitative estimate of drug-likeness (QED) is 0.722. The summed E-state index contributed by atoms with van der Waals surface area (Å²) in [5, 5.41) is 9.83. The standard InChI is InChI=1S/C17H24N2O.ClH/c1-4-19(5-2)12-14(3)17(13-18)16-9-7-6-8-15(16)10-11-20-17;/h6-9,14H,4-5,10-12H2,1-3H3;1H. The van der Waals surface area contributed by atoms with Crippen molar-refractivity contribution in [3.8, 4) is 6.07 Å². The minimum Gasteiger partial charge on any atom is -1.00 e. The van der Waals surface area contributed by atoms with Crippen molar-refractivity contribution in [3.05, 3.63) is 35.4 Å². The van der Waals surface area contributed by atoms with Gasteiger partial charge in [0.15, 0.2) is 5.60 Å². The molecule has 0 saturated carbocycles. The average molecular weight is 309 g/mol. The SMILES string of the molecule is CC[NH+](CC)CC(C)C1(C#N)OCCc2ccccc21.[Cl-]. The molecule has 1 heterocycles. The second-order valence-electron chi connectivity index (χ2n) is 5.67. The van der Waals surface area contributed by atoms with E-state index < -0.39 is 5.60 Å². The summed E-state index contributed by atoms with van der Waals surface area (Å²) < 4.78 is 6.02. The molecule has 0 bridgehead atoms. The molecule has 0 spiro atoms. The van der Waals surface area contributed by atoms with Crippen molar-refractivity contribution in [1.29, 1.82) is 5.26 Å². The Morgan fingerprint density at radius 2 is 2.00 bits per heavy atom. The fourth-order valence-corrected chi connectivity index (χ4v) is 3.23. The highest BCUT2D eigenvalue weighted by atomic mass is 35.5. The number of nitriles is 1. The van der Waals surface area contributed by atoms with E-state index in [1.807, 2.05) is 12.1 Å². The van der Waals surface area contributed by atoms with Gasteiger partial charge in [-0.2, -0.15) is 5.26 Å². The van der Waals surface area contributed by atoms with E-state index in [9.17, 15) is 5.26 Å². The number of quaternary nitrogens is 1. The van der Waals surface area contributed by atoms with Gasteiger partial charge in [0.2, 0.25) is 0 Å². The lowest BCUT2D eigenvalue weighted by atomic mass is 9.78. The summed E-state index contributed by atoms with van der Waals surface area (Å²) in [6.45, 7) is 10.3. The van der Waals surface area contributed by atoms with Crippen LogP contribution in [0.4, 0.5) is 0 Å². The lowest BCUT2D eigenvalue weighted by Gasteiger charge is -2.38. The number of nitrogens with zero attached hydrogens (tertiary/aromatic N) is 1. The van der Waals surface area contributed by atoms with E-state index in [1.54, 1.807) is 0 Å². The molecule has 1 aromatic rings. The summed E-state index contributed by atoms with van der Waals surface area (Å²) in [7, 11) is 0. The molecule has 1 aliphatic rings. The van der Waals surface area contributed by atoms with Crippen molar-refractivity contribution in [2.75, 3.05) is 26.2 Å². The van der Waals surface area contributed by atoms with Crippen LogP contribution in [0.1, 0.15) is 31.9 Å². The number of rotatable bonds is 5. The lowest BCUT2D eigenvalue weighted by Crippen LogP contribution is -3.12. The number of hydrogen-bond acceptors (Lipinski definition) is 2. The van der Waals surface area contributed by atoms with Gasteiger partial charge in [0.05, 0.1) is 32.2 Å². The molecule has 2 atom stereocenters. The third-order valence-electron chi connectivity index (χ3n) is 4.57. The number of nitrogens with one attached hydrogen (secondary N) is 1. The predicted molar refractivity (Wildman–Crippen MR) is 79.5 cm³/mol. The topological polar surface area (TPSA) is 37.5 Å². The van der Waals surface area contributed by atoms with E-state index >= 15 is 0 Å². The molecule has 0 radical (unpaired) electrons. The third-order valence-corrected chi connectivity index (χ3v) is 4.57. The van der Waals surface area contributed by atoms with E-state index in [-0.39, 0.29) is 18.3 Å². The van der Waals surface area contributed by atoms with Gasteiger partial charge in [0, 0.05) is 5.56 Å². The van der Waals surface area contributed by atoms with Crippen LogP contribution in [0.2, 0.25) is 0 Å². The summed E-state index contributed by atoms with van der Waals surface area (Å²) in [5.41, 5.74) is 1.57. The molecule has 2 unspecified atom stereocenters. The second kappa shape index (κ2) is 7.79. The first kappa shape index (κ1) is 18.0. The molecule has 3 nitrogen and oxygen atoms in total. The maximum Gasteiger partial charge on any atom is 0.187 e. The van der Waals surface area contributed by atoms with Crippen molar-refractivity contribution in [2.45, 2.75) is 32.8 Å². The van der Waals surface area contributed by atoms with Crippen molar-refractivity contribution < 1.29 is 22.0 Å². The summed E-state index contributed by atoms with van der Waals surface area (Å²) in [6, 6.07) is 10.7. The second-order valence-corrected chi connectivity index (χ2v) is 5.67. The zero-order chi connectivity index (χ0) is 14.6. The molecule has 2 rings (SSSR count). The van der Waals surface area contributed by atoms with E-state index in [0.29, 0.717) is 6.61 Å². The molecule has 0 aromatic heterocycles. The normalized spacial score (nSPS) is 22.0. The van der Waals surface area contributed by atoms with Gasteiger partial charge in [-0.05, 0) is 25.8 Å². The van der Waals surface area contributed by atoms with Gasteiger partial charge in [-0.1, -0.05) is 31.2 Å². The van der Waals surface area contributed by atoms with Crippen LogP contribution in [-0.2, 0) is 16.8 Å². The molecule has 1 aliphatic heterocycles. The van der Waals surface area contributed by atoms with E-state index in [2.05, 4.69) is 39.0 Å². The summed E-state index contributed by atoms with van der Waals surface area (Å²) in [4.78, 5) is 1.51. The Labute approximate surface area is 134 Å². The zero-order valence-electron chi connectivity index (χ0n) is 13.2. The van der Waals surface area contributed by atoms with E-state index in [4.69, 9.17) is 4.74 Å². The Bertz CT molecular complexity index is 496. The monoisotopic (exact) mass is 308 g/mol. The molecule has 1 aromatic carbocycles. The van der Waals surface area contributed by atoms with Crippen molar-refractivity contribution in [2.24, 2.45) is 5.92 Å². The fourth-order valence-electron chi connectivity index (χ4n) is 3.23. The van der Waals surface area contributed by atoms with Gasteiger partial charge in [0.1, 0.15) is 6.07 Å². The van der Waals surface area contributed by atoms with Crippen molar-refractivity contribution in [3.63, 3.8) is 0 Å². The summed E-state index contributed by atoms with van der Waals surface area (Å²) >= 11 is 0. The van der Waals surface area contributed by atoms with Crippen LogP contribution in [0, 0.1) is 17.2 Å². The van der Waals surface area contributed by atoms with Crippen LogP contribution < -0.4 is 17.3 Å². The number of benzene rings is 1. The first-order valence-electron chi connectivity index (χ1n) is 7.65. The fraction of sp³-hybridized carbons (Fsp3) is 0.588. The lowest BCUT2D eigenvalue weighted by molar-refractivity contribution is -0.900. The Morgan fingerprint density at radius 3 is 2.62 bits per heavy atom.